The second-order valence-electron chi connectivity index (χ2n) is 7.99. The number of esters is 1. The second-order valence-corrected chi connectivity index (χ2v) is 10.1. The van der Waals surface area contributed by atoms with E-state index in [0.29, 0.717) is 30.7 Å². The van der Waals surface area contributed by atoms with Crippen molar-refractivity contribution in [1.82, 2.24) is 0 Å². The van der Waals surface area contributed by atoms with Gasteiger partial charge in [-0.15, -0.1) is 11.3 Å². The van der Waals surface area contributed by atoms with E-state index in [4.69, 9.17) is 0 Å². The molecular weight excluding hydrogens is 422 g/mol. The van der Waals surface area contributed by atoms with Crippen LogP contribution in [0.4, 0.5) is 0 Å². The number of nitrogens with zero attached hydrogens (tertiary/aromatic N) is 1. The molecule has 1 saturated carbocycles. The van der Waals surface area contributed by atoms with Crippen LogP contribution in [0.25, 0.3) is 0 Å². The Morgan fingerprint density at radius 2 is 2.13 bits per heavy atom. The standard InChI is InChI=1S/C22H35NO5S2/c1-28-22(26)9-5-3-2-4-8-19-18(20(23-27)13-21(19)25)11-10-16(24)14-29-15-17-7-6-12-30-17/h6-7,12,16,18-19,21,24-25,27H,2-5,8-11,13-15H2,1H3/b23-20-/t16-,18?,19-,21+/m1/s1. The summed E-state index contributed by atoms with van der Waals surface area (Å²) in [6.45, 7) is 0. The molecule has 0 bridgehead atoms. The lowest BCUT2D eigenvalue weighted by molar-refractivity contribution is -0.140. The van der Waals surface area contributed by atoms with Crippen molar-refractivity contribution in [3.05, 3.63) is 22.4 Å². The molecule has 0 spiro atoms. The Kier molecular flexibility index (Phi) is 11.8. The second kappa shape index (κ2) is 14.1. The Morgan fingerprint density at radius 1 is 1.33 bits per heavy atom. The van der Waals surface area contributed by atoms with Crippen molar-refractivity contribution >= 4 is 34.8 Å². The van der Waals surface area contributed by atoms with Crippen molar-refractivity contribution in [2.75, 3.05) is 12.9 Å². The molecule has 170 valence electrons. The van der Waals surface area contributed by atoms with E-state index in [1.807, 2.05) is 6.07 Å². The molecule has 0 aliphatic heterocycles. The summed E-state index contributed by atoms with van der Waals surface area (Å²) in [4.78, 5) is 12.5. The van der Waals surface area contributed by atoms with E-state index in [0.717, 1.165) is 44.3 Å². The Balaban J connectivity index is 1.70. The monoisotopic (exact) mass is 457 g/mol. The van der Waals surface area contributed by atoms with Gasteiger partial charge in [-0.1, -0.05) is 30.5 Å². The Hall–Kier alpha value is -1.09. The van der Waals surface area contributed by atoms with Gasteiger partial charge in [-0.2, -0.15) is 11.8 Å². The molecule has 6 nitrogen and oxygen atoms in total. The third kappa shape index (κ3) is 8.57. The maximum atomic E-state index is 11.1. The lowest BCUT2D eigenvalue weighted by Crippen LogP contribution is -2.23. The molecule has 1 aliphatic rings. The number of carbonyl (C=O) groups excluding carboxylic acids is 1. The van der Waals surface area contributed by atoms with Crippen LogP contribution in [-0.2, 0) is 15.3 Å². The van der Waals surface area contributed by atoms with E-state index in [1.165, 1.54) is 12.0 Å². The number of hydrogen-bond donors (Lipinski definition) is 3. The summed E-state index contributed by atoms with van der Waals surface area (Å²) in [5.74, 6) is 1.53. The smallest absolute Gasteiger partial charge is 0.305 e. The first-order chi connectivity index (χ1) is 14.5. The first kappa shape index (κ1) is 25.2. The number of thioether (sulfide) groups is 1. The third-order valence-corrected chi connectivity index (χ3v) is 8.02. The highest BCUT2D eigenvalue weighted by atomic mass is 32.2. The summed E-state index contributed by atoms with van der Waals surface area (Å²) >= 11 is 3.46. The van der Waals surface area contributed by atoms with Gasteiger partial charge in [-0.05, 0) is 43.0 Å². The molecule has 4 atom stereocenters. The van der Waals surface area contributed by atoms with Crippen LogP contribution in [0, 0.1) is 11.8 Å². The molecule has 1 heterocycles. The molecular formula is C22H35NO5S2. The Labute approximate surface area is 187 Å². The van der Waals surface area contributed by atoms with Gasteiger partial charge in [0.25, 0.3) is 0 Å². The molecule has 1 fully saturated rings. The normalized spacial score (nSPS) is 23.7. The van der Waals surface area contributed by atoms with Crippen LogP contribution in [0.1, 0.15) is 62.7 Å². The lowest BCUT2D eigenvalue weighted by Gasteiger charge is -2.23. The topological polar surface area (TPSA) is 99.4 Å². The number of hydrogen-bond acceptors (Lipinski definition) is 8. The Morgan fingerprint density at radius 3 is 2.83 bits per heavy atom. The van der Waals surface area contributed by atoms with Gasteiger partial charge in [0.15, 0.2) is 0 Å². The molecule has 0 aromatic carbocycles. The molecule has 0 amide bonds. The van der Waals surface area contributed by atoms with Gasteiger partial charge in [-0.3, -0.25) is 4.79 Å². The summed E-state index contributed by atoms with van der Waals surface area (Å²) in [6.07, 6.45) is 5.98. The number of thiophene rings is 1. The minimum Gasteiger partial charge on any atom is -0.469 e. The molecule has 30 heavy (non-hydrogen) atoms. The SMILES string of the molecule is COC(=O)CCCCCC[C@@H]1C(CC[C@@H](O)CSCc2cccs2)/C(=N\O)C[C@@H]1O. The highest BCUT2D eigenvalue weighted by molar-refractivity contribution is 7.98. The Bertz CT molecular complexity index is 637. The molecule has 3 N–H and O–H groups in total. The van der Waals surface area contributed by atoms with E-state index < -0.39 is 12.2 Å². The van der Waals surface area contributed by atoms with Crippen LogP contribution in [0.3, 0.4) is 0 Å². The zero-order valence-corrected chi connectivity index (χ0v) is 19.4. The van der Waals surface area contributed by atoms with Crippen LogP contribution in [-0.4, -0.2) is 52.2 Å². The van der Waals surface area contributed by atoms with E-state index >= 15 is 0 Å². The van der Waals surface area contributed by atoms with Crippen molar-refractivity contribution in [1.29, 1.82) is 0 Å². The first-order valence-electron chi connectivity index (χ1n) is 10.8. The highest BCUT2D eigenvalue weighted by Gasteiger charge is 2.39. The van der Waals surface area contributed by atoms with Crippen LogP contribution in [0.5, 0.6) is 0 Å². The minimum absolute atomic E-state index is 0.0250. The molecule has 8 heteroatoms. The number of carbonyl (C=O) groups is 1. The van der Waals surface area contributed by atoms with Gasteiger partial charge in [-0.25, -0.2) is 0 Å². The summed E-state index contributed by atoms with van der Waals surface area (Å²) in [6, 6.07) is 4.14. The molecule has 2 rings (SSSR count). The van der Waals surface area contributed by atoms with Gasteiger partial charge >= 0.3 is 5.97 Å². The predicted molar refractivity (Wildman–Crippen MR) is 122 cm³/mol. The molecule has 1 aromatic heterocycles. The van der Waals surface area contributed by atoms with Gasteiger partial charge in [0.05, 0.1) is 25.0 Å². The van der Waals surface area contributed by atoms with Crippen molar-refractivity contribution in [2.45, 2.75) is 75.7 Å². The number of ether oxygens (including phenoxy) is 1. The van der Waals surface area contributed by atoms with E-state index in [1.54, 1.807) is 23.1 Å². The zero-order chi connectivity index (χ0) is 21.8. The van der Waals surface area contributed by atoms with Gasteiger partial charge in [0.1, 0.15) is 0 Å². The number of aliphatic hydroxyl groups excluding tert-OH is 2. The molecule has 1 aromatic rings. The molecule has 0 radical (unpaired) electrons. The average Bonchev–Trinajstić information content (AvgIpc) is 3.36. The number of methoxy groups -OCH3 is 1. The number of oxime groups is 1. The van der Waals surface area contributed by atoms with Crippen LogP contribution in [0.2, 0.25) is 0 Å². The molecule has 0 saturated heterocycles. The number of unbranched alkanes of at least 4 members (excludes halogenated alkanes) is 3. The fourth-order valence-electron chi connectivity index (χ4n) is 4.17. The molecule has 1 unspecified atom stereocenters. The van der Waals surface area contributed by atoms with Gasteiger partial charge in [0, 0.05) is 35.1 Å². The summed E-state index contributed by atoms with van der Waals surface area (Å²) in [7, 11) is 1.41. The van der Waals surface area contributed by atoms with Crippen molar-refractivity contribution in [3.8, 4) is 0 Å². The van der Waals surface area contributed by atoms with Gasteiger partial charge < -0.3 is 20.2 Å². The lowest BCUT2D eigenvalue weighted by atomic mass is 9.85. The minimum atomic E-state index is -0.485. The van der Waals surface area contributed by atoms with Crippen LogP contribution < -0.4 is 0 Å². The van der Waals surface area contributed by atoms with E-state index in [-0.39, 0.29) is 17.8 Å². The van der Waals surface area contributed by atoms with Crippen LogP contribution in [0.15, 0.2) is 22.7 Å². The average molecular weight is 458 g/mol. The summed E-state index contributed by atoms with van der Waals surface area (Å²) in [5.41, 5.74) is 0.664. The maximum absolute atomic E-state index is 11.1. The highest BCUT2D eigenvalue weighted by Crippen LogP contribution is 2.37. The first-order valence-corrected chi connectivity index (χ1v) is 12.8. The zero-order valence-electron chi connectivity index (χ0n) is 17.7. The van der Waals surface area contributed by atoms with E-state index in [9.17, 15) is 20.2 Å². The van der Waals surface area contributed by atoms with Gasteiger partial charge in [0.2, 0.25) is 0 Å². The van der Waals surface area contributed by atoms with Crippen molar-refractivity contribution < 1.29 is 25.0 Å². The van der Waals surface area contributed by atoms with E-state index in [2.05, 4.69) is 21.3 Å². The van der Waals surface area contributed by atoms with Crippen molar-refractivity contribution in [2.24, 2.45) is 17.0 Å². The molecule has 1 aliphatic carbocycles. The predicted octanol–water partition coefficient (Wildman–Crippen LogP) is 4.46. The van der Waals surface area contributed by atoms with Crippen molar-refractivity contribution in [3.63, 3.8) is 0 Å². The van der Waals surface area contributed by atoms with Crippen LogP contribution >= 0.6 is 23.1 Å². The fraction of sp³-hybridized carbons (Fsp3) is 0.727. The summed E-state index contributed by atoms with van der Waals surface area (Å²) in [5, 5.41) is 35.7. The third-order valence-electron chi connectivity index (χ3n) is 5.83. The quantitative estimate of drug-likeness (QED) is 0.165. The number of rotatable bonds is 14. The summed E-state index contributed by atoms with van der Waals surface area (Å²) < 4.78 is 4.65. The maximum Gasteiger partial charge on any atom is 0.305 e. The fourth-order valence-corrected chi connectivity index (χ4v) is 6.04. The number of aliphatic hydroxyl groups is 2. The largest absolute Gasteiger partial charge is 0.469 e.